The van der Waals surface area contributed by atoms with E-state index in [1.165, 1.54) is 5.56 Å². The maximum absolute atomic E-state index is 5.85. The third kappa shape index (κ3) is 3.63. The maximum atomic E-state index is 5.85. The molecule has 0 aromatic carbocycles. The van der Waals surface area contributed by atoms with Crippen LogP contribution < -0.4 is 5.32 Å². The maximum Gasteiger partial charge on any atom is 0.0570 e. The summed E-state index contributed by atoms with van der Waals surface area (Å²) >= 11 is 11.7. The zero-order valence-corrected chi connectivity index (χ0v) is 10.6. The summed E-state index contributed by atoms with van der Waals surface area (Å²) in [5, 5.41) is 3.33. The highest BCUT2D eigenvalue weighted by atomic mass is 35.5. The van der Waals surface area contributed by atoms with Crippen molar-refractivity contribution in [3.05, 3.63) is 29.6 Å². The van der Waals surface area contributed by atoms with Crippen molar-refractivity contribution in [3.63, 3.8) is 0 Å². The minimum Gasteiger partial charge on any atom is -0.304 e. The van der Waals surface area contributed by atoms with Crippen molar-refractivity contribution in [2.24, 2.45) is 0 Å². The number of hydrogen-bond acceptors (Lipinski definition) is 2. The lowest BCUT2D eigenvalue weighted by Crippen LogP contribution is -2.45. The summed E-state index contributed by atoms with van der Waals surface area (Å²) in [6, 6.07) is 3.98. The minimum atomic E-state index is -0.229. The molecule has 1 aromatic rings. The number of hydrogen-bond donors (Lipinski definition) is 1. The molecule has 0 bridgehead atoms. The van der Waals surface area contributed by atoms with E-state index in [2.05, 4.69) is 10.3 Å². The Labute approximate surface area is 101 Å². The first-order chi connectivity index (χ1) is 7.11. The highest BCUT2D eigenvalue weighted by Crippen LogP contribution is 2.11. The van der Waals surface area contributed by atoms with Crippen LogP contribution in [0.4, 0.5) is 0 Å². The zero-order chi connectivity index (χ0) is 11.3. The molecule has 0 fully saturated rings. The van der Waals surface area contributed by atoms with Crippen molar-refractivity contribution in [2.75, 3.05) is 11.8 Å². The van der Waals surface area contributed by atoms with Gasteiger partial charge in [0.2, 0.25) is 0 Å². The van der Waals surface area contributed by atoms with E-state index in [1.807, 2.05) is 26.0 Å². The van der Waals surface area contributed by atoms with Crippen LogP contribution in [-0.4, -0.2) is 22.3 Å². The Bertz CT molecular complexity index is 311. The smallest absolute Gasteiger partial charge is 0.0570 e. The van der Waals surface area contributed by atoms with Crippen molar-refractivity contribution in [1.82, 2.24) is 10.3 Å². The lowest BCUT2D eigenvalue weighted by atomic mass is 10.1. The van der Waals surface area contributed by atoms with Crippen LogP contribution in [0.5, 0.6) is 0 Å². The molecule has 0 unspecified atom stereocenters. The van der Waals surface area contributed by atoms with Crippen LogP contribution >= 0.6 is 23.2 Å². The van der Waals surface area contributed by atoms with Gasteiger partial charge in [-0.15, -0.1) is 23.2 Å². The third-order valence-corrected chi connectivity index (χ3v) is 3.57. The summed E-state index contributed by atoms with van der Waals surface area (Å²) in [6.45, 7) is 4.75. The van der Waals surface area contributed by atoms with E-state index in [0.717, 1.165) is 5.69 Å². The Morgan fingerprint density at radius 3 is 2.60 bits per heavy atom. The molecular formula is C11H16Cl2N2. The fourth-order valence-electron chi connectivity index (χ4n) is 1.13. The van der Waals surface area contributed by atoms with Crippen LogP contribution in [0.1, 0.15) is 18.2 Å². The van der Waals surface area contributed by atoms with Crippen molar-refractivity contribution in [2.45, 2.75) is 25.9 Å². The van der Waals surface area contributed by atoms with Crippen molar-refractivity contribution in [3.8, 4) is 0 Å². The van der Waals surface area contributed by atoms with Gasteiger partial charge in [0.1, 0.15) is 0 Å². The highest BCUT2D eigenvalue weighted by molar-refractivity contribution is 6.22. The number of alkyl halides is 2. The molecule has 0 aliphatic rings. The van der Waals surface area contributed by atoms with Crippen LogP contribution in [0.15, 0.2) is 18.3 Å². The van der Waals surface area contributed by atoms with Crippen LogP contribution in [0, 0.1) is 6.92 Å². The Balaban J connectivity index is 2.61. The Hall–Kier alpha value is -0.310. The molecular weight excluding hydrogens is 231 g/mol. The quantitative estimate of drug-likeness (QED) is 0.809. The lowest BCUT2D eigenvalue weighted by molar-refractivity contribution is 0.431. The number of nitrogens with one attached hydrogen (secondary N) is 1. The average molecular weight is 247 g/mol. The first-order valence-corrected chi connectivity index (χ1v) is 5.95. The van der Waals surface area contributed by atoms with Crippen LogP contribution in [-0.2, 0) is 6.54 Å². The van der Waals surface area contributed by atoms with Gasteiger partial charge in [-0.05, 0) is 25.5 Å². The lowest BCUT2D eigenvalue weighted by Gasteiger charge is -2.26. The molecule has 0 amide bonds. The zero-order valence-electron chi connectivity index (χ0n) is 9.06. The third-order valence-electron chi connectivity index (χ3n) is 2.39. The first kappa shape index (κ1) is 12.8. The van der Waals surface area contributed by atoms with Gasteiger partial charge in [-0.25, -0.2) is 0 Å². The van der Waals surface area contributed by atoms with Gasteiger partial charge >= 0.3 is 0 Å². The second-order valence-electron chi connectivity index (χ2n) is 3.95. The van der Waals surface area contributed by atoms with E-state index in [1.54, 1.807) is 6.20 Å². The standard InChI is InChI=1S/C11H16Cl2N2/c1-9-4-3-5-14-10(9)6-15-11(2,7-12)8-13/h3-5,15H,6-8H2,1-2H3. The van der Waals surface area contributed by atoms with E-state index in [0.29, 0.717) is 18.3 Å². The fraction of sp³-hybridized carbons (Fsp3) is 0.545. The van der Waals surface area contributed by atoms with Crippen molar-refractivity contribution < 1.29 is 0 Å². The normalized spacial score (nSPS) is 11.7. The van der Waals surface area contributed by atoms with E-state index in [9.17, 15) is 0 Å². The van der Waals surface area contributed by atoms with E-state index in [-0.39, 0.29) is 5.54 Å². The summed E-state index contributed by atoms with van der Waals surface area (Å²) in [7, 11) is 0. The molecule has 2 nitrogen and oxygen atoms in total. The van der Waals surface area contributed by atoms with E-state index >= 15 is 0 Å². The average Bonchev–Trinajstić information content (AvgIpc) is 2.28. The molecule has 0 saturated carbocycles. The number of nitrogens with zero attached hydrogens (tertiary/aromatic N) is 1. The number of rotatable bonds is 5. The molecule has 0 saturated heterocycles. The predicted octanol–water partition coefficient (Wildman–Crippen LogP) is 2.72. The molecule has 0 radical (unpaired) electrons. The van der Waals surface area contributed by atoms with Crippen molar-refractivity contribution >= 4 is 23.2 Å². The highest BCUT2D eigenvalue weighted by Gasteiger charge is 2.21. The predicted molar refractivity (Wildman–Crippen MR) is 65.7 cm³/mol. The summed E-state index contributed by atoms with van der Waals surface area (Å²) in [5.41, 5.74) is 1.99. The SMILES string of the molecule is Cc1cccnc1CNC(C)(CCl)CCl. The molecule has 84 valence electrons. The van der Waals surface area contributed by atoms with Gasteiger partial charge in [-0.1, -0.05) is 6.07 Å². The largest absolute Gasteiger partial charge is 0.304 e. The van der Waals surface area contributed by atoms with Crippen molar-refractivity contribution in [1.29, 1.82) is 0 Å². The van der Waals surface area contributed by atoms with E-state index < -0.39 is 0 Å². The van der Waals surface area contributed by atoms with Crippen LogP contribution in [0.3, 0.4) is 0 Å². The number of aryl methyl sites for hydroxylation is 1. The summed E-state index contributed by atoms with van der Waals surface area (Å²) in [6.07, 6.45) is 1.79. The molecule has 0 atom stereocenters. The molecule has 1 N–H and O–H groups in total. The summed E-state index contributed by atoms with van der Waals surface area (Å²) in [4.78, 5) is 4.30. The number of aromatic nitrogens is 1. The molecule has 1 heterocycles. The van der Waals surface area contributed by atoms with Gasteiger partial charge in [0.25, 0.3) is 0 Å². The van der Waals surface area contributed by atoms with Crippen LogP contribution in [0.2, 0.25) is 0 Å². The van der Waals surface area contributed by atoms with E-state index in [4.69, 9.17) is 23.2 Å². The minimum absolute atomic E-state index is 0.229. The second kappa shape index (κ2) is 5.69. The number of halogens is 2. The topological polar surface area (TPSA) is 24.9 Å². The van der Waals surface area contributed by atoms with Gasteiger partial charge in [-0.3, -0.25) is 4.98 Å². The number of pyridine rings is 1. The summed E-state index contributed by atoms with van der Waals surface area (Å²) in [5.74, 6) is 0.977. The molecule has 0 aliphatic heterocycles. The van der Waals surface area contributed by atoms with Gasteiger partial charge < -0.3 is 5.32 Å². The van der Waals surface area contributed by atoms with Gasteiger partial charge in [0, 0.05) is 30.0 Å². The Morgan fingerprint density at radius 2 is 2.07 bits per heavy atom. The molecule has 4 heteroatoms. The molecule has 0 spiro atoms. The first-order valence-electron chi connectivity index (χ1n) is 4.89. The molecule has 1 aromatic heterocycles. The molecule has 1 rings (SSSR count). The molecule has 15 heavy (non-hydrogen) atoms. The van der Waals surface area contributed by atoms with Gasteiger partial charge in [0.05, 0.1) is 5.69 Å². The Kier molecular flexibility index (Phi) is 4.84. The van der Waals surface area contributed by atoms with Crippen LogP contribution in [0.25, 0.3) is 0 Å². The van der Waals surface area contributed by atoms with Gasteiger partial charge in [0.15, 0.2) is 0 Å². The molecule has 0 aliphatic carbocycles. The Morgan fingerprint density at radius 1 is 1.40 bits per heavy atom. The monoisotopic (exact) mass is 246 g/mol. The summed E-state index contributed by atoms with van der Waals surface area (Å²) < 4.78 is 0. The van der Waals surface area contributed by atoms with Gasteiger partial charge in [-0.2, -0.15) is 0 Å². The fourth-order valence-corrected chi connectivity index (χ4v) is 1.61. The second-order valence-corrected chi connectivity index (χ2v) is 4.48.